The number of carbonyl (C=O) groups is 3. The number of hydrogen-bond acceptors (Lipinski definition) is 8. The number of ether oxygens (including phenoxy) is 5. The highest BCUT2D eigenvalue weighted by Gasteiger charge is 2.51. The van der Waals surface area contributed by atoms with E-state index in [-0.39, 0.29) is 0 Å². The zero-order chi connectivity index (χ0) is 26.4. The number of halogens is 1. The largest absolute Gasteiger partial charge is 0.497 e. The highest BCUT2D eigenvalue weighted by Crippen LogP contribution is 2.39. The summed E-state index contributed by atoms with van der Waals surface area (Å²) in [7, 11) is 1.61. The van der Waals surface area contributed by atoms with Gasteiger partial charge in [0.25, 0.3) is 0 Å². The van der Waals surface area contributed by atoms with Gasteiger partial charge in [-0.15, -0.1) is 0 Å². The zero-order valence-electron chi connectivity index (χ0n) is 21.0. The smallest absolute Gasteiger partial charge is 0.303 e. The topological polar surface area (TPSA) is 97.4 Å². The molecule has 1 aliphatic heterocycles. The van der Waals surface area contributed by atoms with Crippen LogP contribution in [-0.4, -0.2) is 49.4 Å². The van der Waals surface area contributed by atoms with Crippen molar-refractivity contribution < 1.29 is 38.1 Å². The molecular weight excluding hydrogens is 488 g/mol. The lowest BCUT2D eigenvalue weighted by atomic mass is 9.88. The Morgan fingerprint density at radius 1 is 0.861 bits per heavy atom. The molecule has 0 aliphatic carbocycles. The van der Waals surface area contributed by atoms with Gasteiger partial charge in [-0.1, -0.05) is 42.8 Å². The molecule has 0 unspecified atom stereocenters. The van der Waals surface area contributed by atoms with E-state index in [1.54, 1.807) is 19.2 Å². The maximum atomic E-state index is 12.1. The van der Waals surface area contributed by atoms with Crippen LogP contribution in [0.1, 0.15) is 56.9 Å². The van der Waals surface area contributed by atoms with E-state index in [4.69, 9.17) is 35.3 Å². The molecule has 0 aromatic heterocycles. The second-order valence-corrected chi connectivity index (χ2v) is 9.01. The Morgan fingerprint density at radius 3 is 2.00 bits per heavy atom. The number of benzene rings is 2. The van der Waals surface area contributed by atoms with Gasteiger partial charge in [0, 0.05) is 25.8 Å². The van der Waals surface area contributed by atoms with Crippen LogP contribution < -0.4 is 4.74 Å². The van der Waals surface area contributed by atoms with Crippen LogP contribution in [0.4, 0.5) is 0 Å². The molecule has 0 spiro atoms. The first kappa shape index (κ1) is 27.5. The second-order valence-electron chi connectivity index (χ2n) is 8.60. The van der Waals surface area contributed by atoms with Crippen LogP contribution in [0.25, 0.3) is 0 Å². The SMILES string of the molecule is CC[C@H]1O[C@@H](c2ccc(Cl)c(Cc3ccc(OC)cc3)c2)[C@H](OC(C)=O)[C@@H](OC(C)=O)[C@@H]1OC(C)=O. The van der Waals surface area contributed by atoms with Crippen LogP contribution in [0.5, 0.6) is 5.75 Å². The fraction of sp³-hybridized carbons (Fsp3) is 0.444. The molecule has 5 atom stereocenters. The van der Waals surface area contributed by atoms with E-state index in [0.29, 0.717) is 23.4 Å². The van der Waals surface area contributed by atoms with E-state index in [0.717, 1.165) is 16.9 Å². The fourth-order valence-corrected chi connectivity index (χ4v) is 4.55. The third-order valence-electron chi connectivity index (χ3n) is 5.89. The van der Waals surface area contributed by atoms with E-state index in [1.807, 2.05) is 37.3 Å². The molecule has 0 amide bonds. The molecule has 2 aromatic rings. The van der Waals surface area contributed by atoms with E-state index >= 15 is 0 Å². The molecule has 0 saturated carbocycles. The van der Waals surface area contributed by atoms with Crippen molar-refractivity contribution in [2.24, 2.45) is 0 Å². The van der Waals surface area contributed by atoms with Crippen LogP contribution >= 0.6 is 11.6 Å². The number of carbonyl (C=O) groups excluding carboxylic acids is 3. The summed E-state index contributed by atoms with van der Waals surface area (Å²) in [5, 5.41) is 0.566. The number of esters is 3. The average Bonchev–Trinajstić information content (AvgIpc) is 2.82. The minimum atomic E-state index is -1.06. The highest BCUT2D eigenvalue weighted by atomic mass is 35.5. The lowest BCUT2D eigenvalue weighted by Crippen LogP contribution is -2.58. The van der Waals surface area contributed by atoms with Gasteiger partial charge in [-0.05, 0) is 47.7 Å². The van der Waals surface area contributed by atoms with E-state index < -0.39 is 48.4 Å². The molecular formula is C27H31ClO8. The van der Waals surface area contributed by atoms with Gasteiger partial charge in [0.05, 0.1) is 13.2 Å². The van der Waals surface area contributed by atoms with Gasteiger partial charge in [-0.3, -0.25) is 14.4 Å². The third-order valence-corrected chi connectivity index (χ3v) is 6.26. The molecule has 9 heteroatoms. The van der Waals surface area contributed by atoms with Crippen LogP contribution in [0.2, 0.25) is 5.02 Å². The normalized spacial score (nSPS) is 23.4. The third kappa shape index (κ3) is 6.77. The minimum absolute atomic E-state index is 0.464. The Hall–Kier alpha value is -3.10. The minimum Gasteiger partial charge on any atom is -0.497 e. The standard InChI is InChI=1S/C27H31ClO8/c1-6-23-25(33-15(2)29)27(35-17(4)31)26(34-16(3)30)24(36-23)19-9-12-22(28)20(14-19)13-18-7-10-21(32-5)11-8-18/h7-12,14,23-27H,6,13H2,1-5H3/t23-,24+,25-,26+,27+/m1/s1. The number of hydrogen-bond donors (Lipinski definition) is 0. The quantitative estimate of drug-likeness (QED) is 0.370. The van der Waals surface area contributed by atoms with E-state index in [1.165, 1.54) is 20.8 Å². The monoisotopic (exact) mass is 518 g/mol. The summed E-state index contributed by atoms with van der Waals surface area (Å²) < 4.78 is 28.2. The molecule has 3 rings (SSSR count). The molecule has 1 heterocycles. The molecule has 8 nitrogen and oxygen atoms in total. The van der Waals surface area contributed by atoms with Gasteiger partial charge in [0.2, 0.25) is 0 Å². The summed E-state index contributed by atoms with van der Waals surface area (Å²) in [5.41, 5.74) is 2.55. The molecule has 0 radical (unpaired) electrons. The van der Waals surface area contributed by atoms with Crippen LogP contribution in [0.3, 0.4) is 0 Å². The Morgan fingerprint density at radius 2 is 1.44 bits per heavy atom. The van der Waals surface area contributed by atoms with Gasteiger partial charge < -0.3 is 23.7 Å². The van der Waals surface area contributed by atoms with E-state index in [2.05, 4.69) is 0 Å². The average molecular weight is 519 g/mol. The Balaban J connectivity index is 2.01. The molecule has 36 heavy (non-hydrogen) atoms. The van der Waals surface area contributed by atoms with Crippen LogP contribution in [0.15, 0.2) is 42.5 Å². The van der Waals surface area contributed by atoms with Gasteiger partial charge in [-0.25, -0.2) is 0 Å². The summed E-state index contributed by atoms with van der Waals surface area (Å²) in [6.07, 6.45) is -3.43. The predicted octanol–water partition coefficient (Wildman–Crippen LogP) is 4.58. The predicted molar refractivity (Wildman–Crippen MR) is 132 cm³/mol. The van der Waals surface area contributed by atoms with Gasteiger partial charge in [0.15, 0.2) is 18.3 Å². The Kier molecular flexibility index (Phi) is 9.34. The lowest BCUT2D eigenvalue weighted by Gasteiger charge is -2.44. The summed E-state index contributed by atoms with van der Waals surface area (Å²) in [5.74, 6) is -0.994. The Bertz CT molecular complexity index is 1080. The molecule has 1 fully saturated rings. The fourth-order valence-electron chi connectivity index (χ4n) is 4.36. The van der Waals surface area contributed by atoms with Crippen LogP contribution in [0, 0.1) is 0 Å². The number of rotatable bonds is 8. The molecule has 194 valence electrons. The first-order valence-corrected chi connectivity index (χ1v) is 12.1. The molecule has 2 aromatic carbocycles. The van der Waals surface area contributed by atoms with Crippen LogP contribution in [-0.2, 0) is 39.8 Å². The van der Waals surface area contributed by atoms with Crippen molar-refractivity contribution in [2.75, 3.05) is 7.11 Å². The summed E-state index contributed by atoms with van der Waals surface area (Å²) in [6, 6.07) is 13.1. The van der Waals surface area contributed by atoms with Gasteiger partial charge >= 0.3 is 17.9 Å². The first-order valence-electron chi connectivity index (χ1n) is 11.7. The van der Waals surface area contributed by atoms with Crippen molar-refractivity contribution in [3.05, 3.63) is 64.2 Å². The molecule has 1 saturated heterocycles. The second kappa shape index (κ2) is 12.2. The summed E-state index contributed by atoms with van der Waals surface area (Å²) >= 11 is 6.52. The van der Waals surface area contributed by atoms with E-state index in [9.17, 15) is 14.4 Å². The maximum absolute atomic E-state index is 12.1. The number of methoxy groups -OCH3 is 1. The first-order chi connectivity index (χ1) is 17.1. The molecule has 0 bridgehead atoms. The summed E-state index contributed by atoms with van der Waals surface area (Å²) in [6.45, 7) is 5.63. The summed E-state index contributed by atoms with van der Waals surface area (Å²) in [4.78, 5) is 35.9. The lowest BCUT2D eigenvalue weighted by molar-refractivity contribution is -0.249. The van der Waals surface area contributed by atoms with Gasteiger partial charge in [-0.2, -0.15) is 0 Å². The van der Waals surface area contributed by atoms with Crippen molar-refractivity contribution >= 4 is 29.5 Å². The van der Waals surface area contributed by atoms with Crippen molar-refractivity contribution in [3.8, 4) is 5.75 Å². The highest BCUT2D eigenvalue weighted by molar-refractivity contribution is 6.31. The van der Waals surface area contributed by atoms with Crippen molar-refractivity contribution in [2.45, 2.75) is 71.1 Å². The van der Waals surface area contributed by atoms with Crippen molar-refractivity contribution in [1.82, 2.24) is 0 Å². The van der Waals surface area contributed by atoms with Crippen molar-refractivity contribution in [1.29, 1.82) is 0 Å². The molecule has 0 N–H and O–H groups in total. The van der Waals surface area contributed by atoms with Gasteiger partial charge in [0.1, 0.15) is 11.9 Å². The maximum Gasteiger partial charge on any atom is 0.303 e. The zero-order valence-corrected chi connectivity index (χ0v) is 21.7. The molecule has 1 aliphatic rings. The Labute approximate surface area is 215 Å². The van der Waals surface area contributed by atoms with Crippen molar-refractivity contribution in [3.63, 3.8) is 0 Å².